The zero-order valence-corrected chi connectivity index (χ0v) is 7.08. The number of rotatable bonds is 2. The fraction of sp³-hybridized carbons (Fsp3) is 0.875. The number of hydrogen-bond acceptors (Lipinski definition) is 2. The molecule has 2 unspecified atom stereocenters. The summed E-state index contributed by atoms with van der Waals surface area (Å²) in [5.41, 5.74) is 0. The van der Waals surface area contributed by atoms with E-state index in [0.29, 0.717) is 6.04 Å². The Labute approximate surface area is 67.0 Å². The molecule has 0 saturated carbocycles. The zero-order chi connectivity index (χ0) is 8.43. The largest absolute Gasteiger partial charge is 0.480 e. The van der Waals surface area contributed by atoms with Gasteiger partial charge in [0.25, 0.3) is 0 Å². The summed E-state index contributed by atoms with van der Waals surface area (Å²) in [5.74, 6) is -0.677. The van der Waals surface area contributed by atoms with Gasteiger partial charge in [0, 0.05) is 6.04 Å². The summed E-state index contributed by atoms with van der Waals surface area (Å²) in [5, 5.41) is 8.76. The Bertz CT molecular complexity index is 158. The average molecular weight is 157 g/mol. The van der Waals surface area contributed by atoms with Crippen LogP contribution < -0.4 is 0 Å². The molecule has 3 nitrogen and oxygen atoms in total. The highest BCUT2D eigenvalue weighted by atomic mass is 16.4. The number of hydrogen-bond donors (Lipinski definition) is 1. The highest BCUT2D eigenvalue weighted by Crippen LogP contribution is 2.23. The summed E-state index contributed by atoms with van der Waals surface area (Å²) in [6, 6.07) is 0.246. The van der Waals surface area contributed by atoms with Crippen molar-refractivity contribution in [2.24, 2.45) is 0 Å². The van der Waals surface area contributed by atoms with Gasteiger partial charge in [-0.05, 0) is 26.3 Å². The van der Waals surface area contributed by atoms with Gasteiger partial charge in [0.15, 0.2) is 0 Å². The number of carboxylic acid groups (broad SMARTS) is 1. The molecule has 0 amide bonds. The average Bonchev–Trinajstić information content (AvgIpc) is 2.30. The van der Waals surface area contributed by atoms with Crippen molar-refractivity contribution >= 4 is 5.97 Å². The minimum Gasteiger partial charge on any atom is -0.480 e. The van der Waals surface area contributed by atoms with Crippen LogP contribution in [0.25, 0.3) is 0 Å². The van der Waals surface area contributed by atoms with Crippen LogP contribution in [-0.2, 0) is 4.79 Å². The minimum absolute atomic E-state index is 0.236. The summed E-state index contributed by atoms with van der Waals surface area (Å²) < 4.78 is 0. The fourth-order valence-electron chi connectivity index (χ4n) is 1.80. The van der Waals surface area contributed by atoms with Gasteiger partial charge in [0.05, 0.1) is 0 Å². The van der Waals surface area contributed by atoms with Gasteiger partial charge in [-0.25, -0.2) is 0 Å². The number of likely N-dealkylation sites (tertiary alicyclic amines) is 1. The van der Waals surface area contributed by atoms with Crippen molar-refractivity contribution in [2.45, 2.75) is 38.3 Å². The van der Waals surface area contributed by atoms with Crippen molar-refractivity contribution in [1.82, 2.24) is 4.90 Å². The van der Waals surface area contributed by atoms with E-state index in [1.54, 1.807) is 0 Å². The van der Waals surface area contributed by atoms with E-state index < -0.39 is 5.97 Å². The van der Waals surface area contributed by atoms with Gasteiger partial charge in [0.1, 0.15) is 6.04 Å². The molecule has 0 spiro atoms. The molecule has 1 aliphatic heterocycles. The van der Waals surface area contributed by atoms with Crippen molar-refractivity contribution in [3.63, 3.8) is 0 Å². The molecule has 1 rings (SSSR count). The molecule has 11 heavy (non-hydrogen) atoms. The van der Waals surface area contributed by atoms with Crippen LogP contribution in [0.1, 0.15) is 26.2 Å². The lowest BCUT2D eigenvalue weighted by molar-refractivity contribution is -0.142. The lowest BCUT2D eigenvalue weighted by Crippen LogP contribution is -2.37. The molecule has 0 radical (unpaired) electrons. The number of aliphatic carboxylic acids is 1. The van der Waals surface area contributed by atoms with Crippen LogP contribution in [0.5, 0.6) is 0 Å². The molecular formula is C8H15NO2. The van der Waals surface area contributed by atoms with Gasteiger partial charge < -0.3 is 5.11 Å². The van der Waals surface area contributed by atoms with E-state index in [-0.39, 0.29) is 6.04 Å². The first-order valence-corrected chi connectivity index (χ1v) is 4.11. The second-order valence-corrected chi connectivity index (χ2v) is 3.16. The first-order chi connectivity index (χ1) is 5.16. The van der Waals surface area contributed by atoms with Crippen LogP contribution in [0.4, 0.5) is 0 Å². The maximum absolute atomic E-state index is 10.6. The molecule has 1 fully saturated rings. The Morgan fingerprint density at radius 1 is 1.64 bits per heavy atom. The van der Waals surface area contributed by atoms with E-state index in [1.807, 2.05) is 11.9 Å². The molecule has 1 N–H and O–H groups in total. The Kier molecular flexibility index (Phi) is 2.49. The summed E-state index contributed by atoms with van der Waals surface area (Å²) >= 11 is 0. The lowest BCUT2D eigenvalue weighted by Gasteiger charge is -2.21. The van der Waals surface area contributed by atoms with Crippen molar-refractivity contribution < 1.29 is 9.90 Å². The molecule has 0 bridgehead atoms. The van der Waals surface area contributed by atoms with Crippen molar-refractivity contribution in [2.75, 3.05) is 7.05 Å². The maximum atomic E-state index is 10.6. The van der Waals surface area contributed by atoms with Gasteiger partial charge in [-0.15, -0.1) is 0 Å². The summed E-state index contributed by atoms with van der Waals surface area (Å²) in [6.45, 7) is 2.10. The topological polar surface area (TPSA) is 40.5 Å². The molecule has 0 aromatic rings. The second kappa shape index (κ2) is 3.22. The molecule has 1 heterocycles. The monoisotopic (exact) mass is 157 g/mol. The Morgan fingerprint density at radius 3 is 2.55 bits per heavy atom. The van der Waals surface area contributed by atoms with Crippen molar-refractivity contribution in [1.29, 1.82) is 0 Å². The molecule has 0 aliphatic carbocycles. The van der Waals surface area contributed by atoms with Crippen LogP contribution in [0.2, 0.25) is 0 Å². The maximum Gasteiger partial charge on any atom is 0.320 e. The molecule has 64 valence electrons. The molecule has 0 aromatic heterocycles. The minimum atomic E-state index is -0.677. The number of likely N-dealkylation sites (N-methyl/N-ethyl adjacent to an activating group) is 1. The highest BCUT2D eigenvalue weighted by Gasteiger charge is 2.33. The van der Waals surface area contributed by atoms with Gasteiger partial charge in [-0.2, -0.15) is 0 Å². The summed E-state index contributed by atoms with van der Waals surface area (Å²) in [7, 11) is 1.90. The normalized spacial score (nSPS) is 32.5. The van der Waals surface area contributed by atoms with Crippen LogP contribution in [0, 0.1) is 0 Å². The van der Waals surface area contributed by atoms with E-state index in [4.69, 9.17) is 5.11 Å². The predicted molar refractivity (Wildman–Crippen MR) is 42.5 cm³/mol. The van der Waals surface area contributed by atoms with Gasteiger partial charge in [0.2, 0.25) is 0 Å². The van der Waals surface area contributed by atoms with Crippen LogP contribution >= 0.6 is 0 Å². The smallest absolute Gasteiger partial charge is 0.320 e. The molecule has 1 aliphatic rings. The first-order valence-electron chi connectivity index (χ1n) is 4.11. The third-order valence-corrected chi connectivity index (χ3v) is 2.60. The molecule has 1 saturated heterocycles. The van der Waals surface area contributed by atoms with Crippen molar-refractivity contribution in [3.05, 3.63) is 0 Å². The van der Waals surface area contributed by atoms with E-state index >= 15 is 0 Å². The summed E-state index contributed by atoms with van der Waals surface area (Å²) in [6.07, 6.45) is 2.90. The van der Waals surface area contributed by atoms with E-state index in [9.17, 15) is 4.79 Å². The first kappa shape index (κ1) is 8.53. The van der Waals surface area contributed by atoms with Crippen LogP contribution in [0.15, 0.2) is 0 Å². The second-order valence-electron chi connectivity index (χ2n) is 3.16. The standard InChI is InChI=1S/C8H15NO2/c1-3-6-4-5-7(8(10)11)9(6)2/h6-7H,3-5H2,1-2H3,(H,10,11). The van der Waals surface area contributed by atoms with Gasteiger partial charge in [-0.3, -0.25) is 9.69 Å². The summed E-state index contributed by atoms with van der Waals surface area (Å²) in [4.78, 5) is 12.6. The van der Waals surface area contributed by atoms with E-state index in [1.165, 1.54) is 0 Å². The van der Waals surface area contributed by atoms with Crippen LogP contribution in [-0.4, -0.2) is 35.1 Å². The molecule has 3 heteroatoms. The number of carbonyl (C=O) groups is 1. The van der Waals surface area contributed by atoms with E-state index in [0.717, 1.165) is 19.3 Å². The van der Waals surface area contributed by atoms with Gasteiger partial charge >= 0.3 is 5.97 Å². The third kappa shape index (κ3) is 1.53. The highest BCUT2D eigenvalue weighted by molar-refractivity contribution is 5.73. The number of carboxylic acids is 1. The quantitative estimate of drug-likeness (QED) is 0.648. The molecule has 2 atom stereocenters. The molecular weight excluding hydrogens is 142 g/mol. The Morgan fingerprint density at radius 2 is 2.27 bits per heavy atom. The van der Waals surface area contributed by atoms with Gasteiger partial charge in [-0.1, -0.05) is 6.92 Å². The third-order valence-electron chi connectivity index (χ3n) is 2.60. The van der Waals surface area contributed by atoms with Crippen molar-refractivity contribution in [3.8, 4) is 0 Å². The Hall–Kier alpha value is -0.570. The Balaban J connectivity index is 2.55. The SMILES string of the molecule is CCC1CCC(C(=O)O)N1C. The number of nitrogens with zero attached hydrogens (tertiary/aromatic N) is 1. The zero-order valence-electron chi connectivity index (χ0n) is 7.08. The predicted octanol–water partition coefficient (Wildman–Crippen LogP) is 0.944. The fourth-order valence-corrected chi connectivity index (χ4v) is 1.80. The lowest BCUT2D eigenvalue weighted by atomic mass is 10.1. The molecule has 0 aromatic carbocycles. The van der Waals surface area contributed by atoms with E-state index in [2.05, 4.69) is 6.92 Å². The van der Waals surface area contributed by atoms with Crippen LogP contribution in [0.3, 0.4) is 0 Å².